The van der Waals surface area contributed by atoms with Crippen molar-refractivity contribution in [1.29, 1.82) is 0 Å². The molecule has 2 N–H and O–H groups in total. The van der Waals surface area contributed by atoms with Gasteiger partial charge in [0, 0.05) is 11.5 Å². The zero-order valence-electron chi connectivity index (χ0n) is 19.3. The maximum absolute atomic E-state index is 10.6. The summed E-state index contributed by atoms with van der Waals surface area (Å²) in [5.41, 5.74) is 1.88. The summed E-state index contributed by atoms with van der Waals surface area (Å²) in [5, 5.41) is 21.0. The Bertz CT molecular complexity index is 570. The number of fused-ring (bicyclic) bond motifs is 1. The van der Waals surface area contributed by atoms with E-state index in [-0.39, 0.29) is 23.7 Å². The van der Waals surface area contributed by atoms with E-state index in [4.69, 9.17) is 0 Å². The summed E-state index contributed by atoms with van der Waals surface area (Å²) in [6, 6.07) is 0. The van der Waals surface area contributed by atoms with Crippen LogP contribution in [-0.2, 0) is 0 Å². The molecule has 0 heterocycles. The van der Waals surface area contributed by atoms with Crippen molar-refractivity contribution in [3.63, 3.8) is 0 Å². The molecule has 0 aliphatic heterocycles. The molecule has 3 aliphatic rings. The summed E-state index contributed by atoms with van der Waals surface area (Å²) in [7, 11) is 2.22. The minimum atomic E-state index is -0.314. The molecule has 0 aromatic rings. The number of rotatable bonds is 8. The van der Waals surface area contributed by atoms with Crippen molar-refractivity contribution in [2.24, 2.45) is 23.7 Å². The molecular weight excluding hydrogens is 358 g/mol. The molecule has 3 nitrogen and oxygen atoms in total. The first kappa shape index (κ1) is 23.0. The summed E-state index contributed by atoms with van der Waals surface area (Å²) in [4.78, 5) is 2.44. The predicted octanol–water partition coefficient (Wildman–Crippen LogP) is 5.33. The first-order valence-electron chi connectivity index (χ1n) is 12.2. The minimum Gasteiger partial charge on any atom is -0.392 e. The van der Waals surface area contributed by atoms with Crippen LogP contribution in [0.4, 0.5) is 0 Å². The second-order valence-electron chi connectivity index (χ2n) is 11.1. The fourth-order valence-corrected chi connectivity index (χ4v) is 5.77. The molecule has 5 atom stereocenters. The van der Waals surface area contributed by atoms with Gasteiger partial charge in [-0.05, 0) is 103 Å². The van der Waals surface area contributed by atoms with E-state index in [1.807, 2.05) is 6.08 Å². The van der Waals surface area contributed by atoms with Crippen LogP contribution in [0.1, 0.15) is 85.0 Å². The molecule has 29 heavy (non-hydrogen) atoms. The number of hydrogen-bond donors (Lipinski definition) is 2. The van der Waals surface area contributed by atoms with Crippen molar-refractivity contribution in [2.75, 3.05) is 13.6 Å². The topological polar surface area (TPSA) is 43.7 Å². The van der Waals surface area contributed by atoms with Crippen LogP contribution in [0.2, 0.25) is 0 Å². The third kappa shape index (κ3) is 6.18. The van der Waals surface area contributed by atoms with E-state index >= 15 is 0 Å². The van der Waals surface area contributed by atoms with E-state index in [1.54, 1.807) is 5.57 Å². The molecule has 3 rings (SSSR count). The largest absolute Gasteiger partial charge is 0.392 e. The van der Waals surface area contributed by atoms with Crippen molar-refractivity contribution >= 4 is 0 Å². The first-order valence-corrected chi connectivity index (χ1v) is 12.2. The van der Waals surface area contributed by atoms with Gasteiger partial charge >= 0.3 is 0 Å². The fourth-order valence-electron chi connectivity index (χ4n) is 5.77. The minimum absolute atomic E-state index is 0.216. The van der Waals surface area contributed by atoms with Crippen molar-refractivity contribution in [3.8, 4) is 0 Å². The monoisotopic (exact) mass is 403 g/mol. The van der Waals surface area contributed by atoms with Gasteiger partial charge in [0.15, 0.2) is 0 Å². The number of allylic oxidation sites excluding steroid dienone is 2. The van der Waals surface area contributed by atoms with Gasteiger partial charge < -0.3 is 15.1 Å². The molecule has 3 aliphatic carbocycles. The van der Waals surface area contributed by atoms with Gasteiger partial charge in [-0.2, -0.15) is 0 Å². The van der Waals surface area contributed by atoms with Crippen LogP contribution in [0.15, 0.2) is 23.8 Å². The number of aliphatic hydroxyl groups is 2. The number of hydrogen-bond acceptors (Lipinski definition) is 3. The number of nitrogens with zero attached hydrogens (tertiary/aromatic N) is 1. The van der Waals surface area contributed by atoms with Crippen LogP contribution in [0.25, 0.3) is 0 Å². The normalized spacial score (nSPS) is 33.4. The summed E-state index contributed by atoms with van der Waals surface area (Å²) < 4.78 is 0. The Balaban J connectivity index is 1.44. The van der Waals surface area contributed by atoms with Crippen molar-refractivity contribution in [1.82, 2.24) is 4.90 Å². The highest BCUT2D eigenvalue weighted by Crippen LogP contribution is 2.50. The highest BCUT2D eigenvalue weighted by Gasteiger charge is 2.45. The van der Waals surface area contributed by atoms with E-state index < -0.39 is 0 Å². The van der Waals surface area contributed by atoms with Crippen LogP contribution in [0.3, 0.4) is 0 Å². The SMILES string of the molecule is CN(CCCCC=C1C[C@H]2C[C@@H](O)[C@H](C=C[C@@H](O)C3CCCC3)[C@H]2C1)C(C)(C)C. The van der Waals surface area contributed by atoms with E-state index in [0.29, 0.717) is 17.8 Å². The zero-order valence-corrected chi connectivity index (χ0v) is 19.3. The first-order chi connectivity index (χ1) is 13.8. The second kappa shape index (κ2) is 10.1. The van der Waals surface area contributed by atoms with Gasteiger partial charge in [-0.1, -0.05) is 36.6 Å². The van der Waals surface area contributed by atoms with Crippen molar-refractivity contribution in [2.45, 2.75) is 103 Å². The quantitative estimate of drug-likeness (QED) is 0.425. The van der Waals surface area contributed by atoms with Crippen LogP contribution < -0.4 is 0 Å². The molecule has 0 saturated heterocycles. The highest BCUT2D eigenvalue weighted by atomic mass is 16.3. The Labute approximate surface area is 179 Å². The van der Waals surface area contributed by atoms with E-state index in [2.05, 4.69) is 44.9 Å². The molecule has 0 aromatic carbocycles. The molecule has 0 aromatic heterocycles. The highest BCUT2D eigenvalue weighted by molar-refractivity contribution is 5.18. The predicted molar refractivity (Wildman–Crippen MR) is 122 cm³/mol. The van der Waals surface area contributed by atoms with Gasteiger partial charge in [0.25, 0.3) is 0 Å². The van der Waals surface area contributed by atoms with Gasteiger partial charge in [-0.25, -0.2) is 0 Å². The average Bonchev–Trinajstić information content (AvgIpc) is 3.35. The molecule has 3 fully saturated rings. The molecule has 0 radical (unpaired) electrons. The molecule has 0 bridgehead atoms. The summed E-state index contributed by atoms with van der Waals surface area (Å²) in [6.07, 6.45) is 18.0. The average molecular weight is 404 g/mol. The Hall–Kier alpha value is -0.640. The fraction of sp³-hybridized carbons (Fsp3) is 0.846. The van der Waals surface area contributed by atoms with Gasteiger partial charge in [-0.3, -0.25) is 0 Å². The van der Waals surface area contributed by atoms with E-state index in [0.717, 1.165) is 25.7 Å². The third-order valence-electron chi connectivity index (χ3n) is 8.05. The van der Waals surface area contributed by atoms with Crippen LogP contribution in [-0.4, -0.2) is 46.5 Å². The summed E-state index contributed by atoms with van der Waals surface area (Å²) in [5.74, 6) is 1.90. The lowest BCUT2D eigenvalue weighted by molar-refractivity contribution is 0.135. The lowest BCUT2D eigenvalue weighted by atomic mass is 9.89. The summed E-state index contributed by atoms with van der Waals surface area (Å²) in [6.45, 7) is 8.00. The van der Waals surface area contributed by atoms with Gasteiger partial charge in [0.05, 0.1) is 12.2 Å². The number of unbranched alkanes of at least 4 members (excludes halogenated alkanes) is 2. The van der Waals surface area contributed by atoms with Gasteiger partial charge in [0.1, 0.15) is 0 Å². The molecule has 0 amide bonds. The molecule has 0 spiro atoms. The zero-order chi connectivity index (χ0) is 21.0. The van der Waals surface area contributed by atoms with Crippen molar-refractivity contribution in [3.05, 3.63) is 23.8 Å². The number of aliphatic hydroxyl groups excluding tert-OH is 2. The van der Waals surface area contributed by atoms with Crippen LogP contribution >= 0.6 is 0 Å². The Morgan fingerprint density at radius 3 is 2.55 bits per heavy atom. The standard InChI is InChI=1S/C26H45NO2/c1-26(2,3)27(4)15-9-5-6-10-19-16-21-18-25(29)22(23(21)17-19)13-14-24(28)20-11-7-8-12-20/h10,13-14,20-25,28-29H,5-9,11-12,15-18H2,1-4H3/t21-,22+,23-,24+,25+/m0/s1. The lowest BCUT2D eigenvalue weighted by Crippen LogP contribution is -2.38. The Morgan fingerprint density at radius 2 is 1.86 bits per heavy atom. The lowest BCUT2D eigenvalue weighted by Gasteiger charge is -2.31. The molecule has 0 unspecified atom stereocenters. The van der Waals surface area contributed by atoms with Gasteiger partial charge in [0.2, 0.25) is 0 Å². The van der Waals surface area contributed by atoms with Crippen molar-refractivity contribution < 1.29 is 10.2 Å². The second-order valence-corrected chi connectivity index (χ2v) is 11.1. The maximum atomic E-state index is 10.6. The Morgan fingerprint density at radius 1 is 1.14 bits per heavy atom. The van der Waals surface area contributed by atoms with Gasteiger partial charge in [-0.15, -0.1) is 0 Å². The smallest absolute Gasteiger partial charge is 0.0749 e. The van der Waals surface area contributed by atoms with E-state index in [1.165, 1.54) is 45.1 Å². The Kier molecular flexibility index (Phi) is 8.03. The molecule has 3 saturated carbocycles. The third-order valence-corrected chi connectivity index (χ3v) is 8.05. The van der Waals surface area contributed by atoms with Crippen LogP contribution in [0.5, 0.6) is 0 Å². The van der Waals surface area contributed by atoms with E-state index in [9.17, 15) is 10.2 Å². The molecule has 3 heteroatoms. The summed E-state index contributed by atoms with van der Waals surface area (Å²) >= 11 is 0. The maximum Gasteiger partial charge on any atom is 0.0749 e. The molecule has 166 valence electrons. The van der Waals surface area contributed by atoms with Crippen LogP contribution in [0, 0.1) is 23.7 Å². The molecular formula is C26H45NO2.